The fraction of sp³-hybridized carbons (Fsp3) is 0.514. The van der Waals surface area contributed by atoms with Crippen LogP contribution in [0.3, 0.4) is 0 Å². The van der Waals surface area contributed by atoms with Crippen molar-refractivity contribution in [3.8, 4) is 5.75 Å². The summed E-state index contributed by atoms with van der Waals surface area (Å²) in [6.45, 7) is 8.35. The van der Waals surface area contributed by atoms with Gasteiger partial charge in [-0.2, -0.15) is 0 Å². The largest absolute Gasteiger partial charge is 0.495 e. The highest BCUT2D eigenvalue weighted by molar-refractivity contribution is 6.32. The summed E-state index contributed by atoms with van der Waals surface area (Å²) in [4.78, 5) is 54.3. The van der Waals surface area contributed by atoms with E-state index in [1.807, 2.05) is 58.0 Å². The van der Waals surface area contributed by atoms with Gasteiger partial charge in [0.05, 0.1) is 30.3 Å². The van der Waals surface area contributed by atoms with Gasteiger partial charge in [0.1, 0.15) is 30.0 Å². The van der Waals surface area contributed by atoms with Crippen LogP contribution in [0.25, 0.3) is 0 Å². The summed E-state index contributed by atoms with van der Waals surface area (Å²) in [5.41, 5.74) is -0.206. The number of aliphatic hydroxyl groups excluding tert-OH is 1. The Morgan fingerprint density at radius 3 is 2.41 bits per heavy atom. The minimum absolute atomic E-state index is 0.0853. The molecule has 1 unspecified atom stereocenters. The molecular formula is C37H48ClN3O8. The Morgan fingerprint density at radius 2 is 1.78 bits per heavy atom. The zero-order chi connectivity index (χ0) is 35.9. The van der Waals surface area contributed by atoms with Gasteiger partial charge >= 0.3 is 5.97 Å². The first-order chi connectivity index (χ1) is 23.1. The van der Waals surface area contributed by atoms with E-state index in [9.17, 15) is 24.3 Å². The van der Waals surface area contributed by atoms with E-state index < -0.39 is 53.9 Å². The van der Waals surface area contributed by atoms with Crippen LogP contribution in [0.1, 0.15) is 64.7 Å². The molecule has 12 heteroatoms. The van der Waals surface area contributed by atoms with Crippen LogP contribution in [-0.4, -0.2) is 73.4 Å². The minimum Gasteiger partial charge on any atom is -0.495 e. The molecule has 2 heterocycles. The molecule has 11 nitrogen and oxygen atoms in total. The minimum atomic E-state index is -1.50. The van der Waals surface area contributed by atoms with Gasteiger partial charge in [-0.15, -0.1) is 0 Å². The molecule has 2 aromatic carbocycles. The predicted octanol–water partition coefficient (Wildman–Crippen LogP) is 4.06. The second kappa shape index (κ2) is 16.2. The van der Waals surface area contributed by atoms with Gasteiger partial charge in [0, 0.05) is 25.3 Å². The maximum absolute atomic E-state index is 13.8. The Labute approximate surface area is 293 Å². The van der Waals surface area contributed by atoms with Crippen LogP contribution in [0.15, 0.2) is 60.7 Å². The topological polar surface area (TPSA) is 156 Å². The molecule has 0 radical (unpaired) electrons. The van der Waals surface area contributed by atoms with Crippen molar-refractivity contribution in [2.24, 2.45) is 16.7 Å². The third kappa shape index (κ3) is 10.3. The van der Waals surface area contributed by atoms with Gasteiger partial charge in [0.15, 0.2) is 0 Å². The van der Waals surface area contributed by atoms with Crippen LogP contribution in [-0.2, 0) is 35.1 Å². The van der Waals surface area contributed by atoms with E-state index in [2.05, 4.69) is 16.0 Å². The van der Waals surface area contributed by atoms with Gasteiger partial charge in [-0.05, 0) is 48.1 Å². The number of nitrogens with one attached hydrogen (secondary N) is 3. The third-order valence-electron chi connectivity index (χ3n) is 8.91. The van der Waals surface area contributed by atoms with Crippen molar-refractivity contribution in [3.63, 3.8) is 0 Å². The fourth-order valence-corrected chi connectivity index (χ4v) is 6.09. The molecule has 0 aliphatic carbocycles. The first-order valence-electron chi connectivity index (χ1n) is 16.5. The third-order valence-corrected chi connectivity index (χ3v) is 9.20. The Bertz CT molecular complexity index is 1530. The number of carbonyl (C=O) groups is 4. The van der Waals surface area contributed by atoms with E-state index >= 15 is 0 Å². The number of aliphatic hydroxyl groups is 1. The maximum atomic E-state index is 13.8. The van der Waals surface area contributed by atoms with Crippen LogP contribution in [0.2, 0.25) is 5.02 Å². The maximum Gasteiger partial charge on any atom is 0.328 e. The number of cyclic esters (lactones) is 1. The lowest BCUT2D eigenvalue weighted by Gasteiger charge is -2.33. The Kier molecular flexibility index (Phi) is 12.5. The van der Waals surface area contributed by atoms with Crippen molar-refractivity contribution in [2.45, 2.75) is 84.3 Å². The average molecular weight is 698 g/mol. The number of hydrogen-bond acceptors (Lipinski definition) is 8. The number of hydrogen-bond donors (Lipinski definition) is 4. The van der Waals surface area contributed by atoms with Gasteiger partial charge in [-0.1, -0.05) is 81.8 Å². The highest BCUT2D eigenvalue weighted by Crippen LogP contribution is 2.45. The summed E-state index contributed by atoms with van der Waals surface area (Å²) < 4.78 is 17.4. The van der Waals surface area contributed by atoms with Crippen LogP contribution >= 0.6 is 11.6 Å². The Hall–Kier alpha value is -3.93. The van der Waals surface area contributed by atoms with Crippen LogP contribution in [0, 0.1) is 16.7 Å². The van der Waals surface area contributed by atoms with Crippen molar-refractivity contribution in [3.05, 3.63) is 76.8 Å². The van der Waals surface area contributed by atoms with Crippen LogP contribution in [0.5, 0.6) is 5.75 Å². The average Bonchev–Trinajstić information content (AvgIpc) is 3.86. The molecule has 1 fully saturated rings. The van der Waals surface area contributed by atoms with E-state index in [0.29, 0.717) is 16.3 Å². The summed E-state index contributed by atoms with van der Waals surface area (Å²) >= 11 is 6.32. The zero-order valence-corrected chi connectivity index (χ0v) is 29.7. The molecule has 2 aromatic rings. The number of rotatable bonds is 8. The van der Waals surface area contributed by atoms with Crippen molar-refractivity contribution in [1.29, 1.82) is 0 Å². The number of benzene rings is 2. The number of amides is 3. The lowest BCUT2D eigenvalue weighted by molar-refractivity contribution is -0.157. The number of epoxide rings is 1. The monoisotopic (exact) mass is 697 g/mol. The lowest BCUT2D eigenvalue weighted by Crippen LogP contribution is -2.56. The number of methoxy groups -OCH3 is 1. The molecule has 0 saturated carbocycles. The SMILES string of the molecule is COc1ccc(C[C@H]2NC(=O)/C=C/C[C@@H]([C@H](C)[C@H]3O[C@@H]3c3ccccc3)OC(=O)[C@H](CC(C)(C)C)NC(=O)C(C)(CO)CNC2=O)cc1Cl. The first-order valence-corrected chi connectivity index (χ1v) is 16.9. The quantitative estimate of drug-likeness (QED) is 0.238. The standard InChI is InChI=1S/C37H48ClN3O8/c1-22(31-32(49-31)24-11-8-7-9-12-24)28-13-10-14-30(43)40-26(18-23-15-16-29(47-6)25(38)17-23)33(44)39-20-37(5,21-42)35(46)41-27(34(45)48-28)19-36(2,3)4/h7-12,14-17,22,26-28,31-32,42H,13,18-21H2,1-6H3,(H,39,44)(H,40,43)(H,41,46)/b14-10+/t22-,26+,27-,28-,31+,32+,37?/m0/s1. The zero-order valence-electron chi connectivity index (χ0n) is 29.0. The number of esters is 1. The molecule has 49 heavy (non-hydrogen) atoms. The molecular weight excluding hydrogens is 650 g/mol. The van der Waals surface area contributed by atoms with Gasteiger partial charge in [-0.3, -0.25) is 14.4 Å². The molecule has 3 amide bonds. The molecule has 0 bridgehead atoms. The highest BCUT2D eigenvalue weighted by atomic mass is 35.5. The van der Waals surface area contributed by atoms with Crippen molar-refractivity contribution in [1.82, 2.24) is 16.0 Å². The van der Waals surface area contributed by atoms with Crippen molar-refractivity contribution in [2.75, 3.05) is 20.3 Å². The molecule has 266 valence electrons. The fourth-order valence-electron chi connectivity index (χ4n) is 5.81. The number of carbonyl (C=O) groups excluding carboxylic acids is 4. The highest BCUT2D eigenvalue weighted by Gasteiger charge is 2.48. The van der Waals surface area contributed by atoms with Gasteiger partial charge in [-0.25, -0.2) is 4.79 Å². The summed E-state index contributed by atoms with van der Waals surface area (Å²) in [7, 11) is 1.49. The van der Waals surface area contributed by atoms with Crippen LogP contribution in [0.4, 0.5) is 0 Å². The summed E-state index contributed by atoms with van der Waals surface area (Å²) in [6, 6.07) is 12.7. The molecule has 2 aliphatic heterocycles. The predicted molar refractivity (Wildman–Crippen MR) is 185 cm³/mol. The Balaban J connectivity index is 1.65. The number of ether oxygens (including phenoxy) is 3. The summed E-state index contributed by atoms with van der Waals surface area (Å²) in [5.74, 6) is -2.18. The molecule has 4 rings (SSSR count). The smallest absolute Gasteiger partial charge is 0.328 e. The van der Waals surface area contributed by atoms with E-state index in [1.165, 1.54) is 20.1 Å². The molecule has 7 atom stereocenters. The van der Waals surface area contributed by atoms with E-state index in [0.717, 1.165) is 5.56 Å². The second-order valence-corrected chi connectivity index (χ2v) is 14.8. The molecule has 0 spiro atoms. The van der Waals surface area contributed by atoms with E-state index in [1.54, 1.807) is 24.3 Å². The van der Waals surface area contributed by atoms with Crippen molar-refractivity contribution < 1.29 is 38.5 Å². The van der Waals surface area contributed by atoms with Crippen molar-refractivity contribution >= 4 is 35.3 Å². The molecule has 4 N–H and O–H groups in total. The summed E-state index contributed by atoms with van der Waals surface area (Å²) in [5, 5.41) is 19.0. The van der Waals surface area contributed by atoms with Gasteiger partial charge in [0.2, 0.25) is 17.7 Å². The number of halogens is 1. The van der Waals surface area contributed by atoms with Gasteiger partial charge < -0.3 is 35.3 Å². The molecule has 2 aliphatic rings. The lowest BCUT2D eigenvalue weighted by atomic mass is 9.86. The molecule has 1 saturated heterocycles. The van der Waals surface area contributed by atoms with E-state index in [-0.39, 0.29) is 49.3 Å². The normalized spacial score (nSPS) is 28.4. The van der Waals surface area contributed by atoms with Crippen LogP contribution < -0.4 is 20.7 Å². The first kappa shape index (κ1) is 37.9. The van der Waals surface area contributed by atoms with E-state index in [4.69, 9.17) is 25.8 Å². The molecule has 0 aromatic heterocycles. The summed E-state index contributed by atoms with van der Waals surface area (Å²) in [6.07, 6.45) is 2.34. The second-order valence-electron chi connectivity index (χ2n) is 14.4. The van der Waals surface area contributed by atoms with Gasteiger partial charge in [0.25, 0.3) is 0 Å². The Morgan fingerprint density at radius 1 is 1.06 bits per heavy atom.